The van der Waals surface area contributed by atoms with E-state index in [9.17, 15) is 13.2 Å². The van der Waals surface area contributed by atoms with E-state index in [1.807, 2.05) is 50.2 Å². The Morgan fingerprint density at radius 3 is 2.37 bits per heavy atom. The van der Waals surface area contributed by atoms with E-state index in [1.165, 1.54) is 0 Å². The van der Waals surface area contributed by atoms with Crippen LogP contribution < -0.4 is 14.5 Å². The Kier molecular flexibility index (Phi) is 6.99. The third kappa shape index (κ3) is 5.52. The summed E-state index contributed by atoms with van der Waals surface area (Å²) in [7, 11) is -3.60. The minimum absolute atomic E-state index is 0.241. The number of rotatable bonds is 7. The molecule has 0 saturated carbocycles. The molecule has 30 heavy (non-hydrogen) atoms. The van der Waals surface area contributed by atoms with Gasteiger partial charge in [-0.05, 0) is 43.2 Å². The molecular weight excluding hydrogens is 402 g/mol. The fourth-order valence-corrected chi connectivity index (χ4v) is 4.43. The summed E-state index contributed by atoms with van der Waals surface area (Å²) < 4.78 is 31.1. The molecule has 1 unspecified atom stereocenters. The van der Waals surface area contributed by atoms with Crippen molar-refractivity contribution in [1.82, 2.24) is 5.32 Å². The van der Waals surface area contributed by atoms with Crippen molar-refractivity contribution in [2.45, 2.75) is 19.9 Å². The van der Waals surface area contributed by atoms with Gasteiger partial charge in [-0.1, -0.05) is 30.3 Å². The largest absolute Gasteiger partial charge is 0.378 e. The van der Waals surface area contributed by atoms with Gasteiger partial charge in [-0.3, -0.25) is 9.10 Å². The summed E-state index contributed by atoms with van der Waals surface area (Å²) in [6, 6.07) is 14.9. The van der Waals surface area contributed by atoms with Crippen LogP contribution in [0.15, 0.2) is 48.5 Å². The SMILES string of the molecule is Cc1ccccc1N(CC(=O)NC(C)c1ccc(N2CCOCC2)cc1)S(C)(=O)=O. The van der Waals surface area contributed by atoms with E-state index >= 15 is 0 Å². The monoisotopic (exact) mass is 431 g/mol. The van der Waals surface area contributed by atoms with Crippen molar-refractivity contribution in [3.63, 3.8) is 0 Å². The zero-order valence-corrected chi connectivity index (χ0v) is 18.5. The Morgan fingerprint density at radius 1 is 1.13 bits per heavy atom. The number of ether oxygens (including phenoxy) is 1. The number of carbonyl (C=O) groups is 1. The van der Waals surface area contributed by atoms with Crippen molar-refractivity contribution in [3.8, 4) is 0 Å². The second kappa shape index (κ2) is 9.49. The van der Waals surface area contributed by atoms with Crippen molar-refractivity contribution in [2.24, 2.45) is 0 Å². The maximum Gasteiger partial charge on any atom is 0.241 e. The fraction of sp³-hybridized carbons (Fsp3) is 0.409. The fourth-order valence-electron chi connectivity index (χ4n) is 3.52. The van der Waals surface area contributed by atoms with Crippen LogP contribution in [0, 0.1) is 6.92 Å². The molecule has 1 aliphatic heterocycles. The number of para-hydroxylation sites is 1. The molecule has 2 aromatic carbocycles. The Morgan fingerprint density at radius 2 is 1.77 bits per heavy atom. The zero-order valence-electron chi connectivity index (χ0n) is 17.7. The molecule has 0 radical (unpaired) electrons. The third-order valence-corrected chi connectivity index (χ3v) is 6.34. The average Bonchev–Trinajstić information content (AvgIpc) is 2.72. The molecule has 8 heteroatoms. The van der Waals surface area contributed by atoms with Gasteiger partial charge in [0.15, 0.2) is 0 Å². The van der Waals surface area contributed by atoms with Crippen LogP contribution in [0.5, 0.6) is 0 Å². The molecule has 3 rings (SSSR count). The second-order valence-corrected chi connectivity index (χ2v) is 9.44. The molecule has 1 fully saturated rings. The molecule has 0 aromatic heterocycles. The van der Waals surface area contributed by atoms with Crippen molar-refractivity contribution in [2.75, 3.05) is 48.3 Å². The summed E-state index contributed by atoms with van der Waals surface area (Å²) in [5.41, 5.74) is 3.39. The van der Waals surface area contributed by atoms with Crippen LogP contribution >= 0.6 is 0 Å². The van der Waals surface area contributed by atoms with E-state index in [-0.39, 0.29) is 18.5 Å². The highest BCUT2D eigenvalue weighted by Crippen LogP contribution is 2.23. The van der Waals surface area contributed by atoms with Gasteiger partial charge in [-0.25, -0.2) is 8.42 Å². The zero-order chi connectivity index (χ0) is 21.7. The summed E-state index contributed by atoms with van der Waals surface area (Å²) >= 11 is 0. The Labute approximate surface area is 178 Å². The molecule has 162 valence electrons. The smallest absolute Gasteiger partial charge is 0.241 e. The van der Waals surface area contributed by atoms with Gasteiger partial charge >= 0.3 is 0 Å². The molecule has 0 bridgehead atoms. The molecule has 7 nitrogen and oxygen atoms in total. The minimum Gasteiger partial charge on any atom is -0.378 e. The lowest BCUT2D eigenvalue weighted by Gasteiger charge is -2.29. The molecule has 1 amide bonds. The van der Waals surface area contributed by atoms with Gasteiger partial charge in [0.25, 0.3) is 0 Å². The molecule has 1 atom stereocenters. The summed E-state index contributed by atoms with van der Waals surface area (Å²) in [6.45, 7) is 6.64. The summed E-state index contributed by atoms with van der Waals surface area (Å²) in [5.74, 6) is -0.353. The van der Waals surface area contributed by atoms with E-state index in [1.54, 1.807) is 12.1 Å². The highest BCUT2D eigenvalue weighted by molar-refractivity contribution is 7.92. The van der Waals surface area contributed by atoms with Crippen LogP contribution in [0.25, 0.3) is 0 Å². The first kappa shape index (κ1) is 22.1. The molecule has 0 aliphatic carbocycles. The van der Waals surface area contributed by atoms with Crippen LogP contribution in [0.4, 0.5) is 11.4 Å². The first-order valence-electron chi connectivity index (χ1n) is 10.0. The molecule has 1 heterocycles. The molecule has 1 saturated heterocycles. The normalized spacial score (nSPS) is 15.5. The predicted octanol–water partition coefficient (Wildman–Crippen LogP) is 2.48. The topological polar surface area (TPSA) is 79.0 Å². The number of amides is 1. The molecule has 1 aliphatic rings. The van der Waals surface area contributed by atoms with Crippen LogP contribution in [0.2, 0.25) is 0 Å². The number of carbonyl (C=O) groups excluding carboxylic acids is 1. The standard InChI is InChI=1S/C22H29N3O4S/c1-17-6-4-5-7-21(17)25(30(3,27)28)16-22(26)23-18(2)19-8-10-20(11-9-19)24-12-14-29-15-13-24/h4-11,18H,12-16H2,1-3H3,(H,23,26). The first-order chi connectivity index (χ1) is 14.3. The Bertz CT molecular complexity index is 970. The Balaban J connectivity index is 1.66. The van der Waals surface area contributed by atoms with Gasteiger partial charge in [0.1, 0.15) is 6.54 Å². The maximum absolute atomic E-state index is 12.6. The first-order valence-corrected chi connectivity index (χ1v) is 11.9. The molecule has 1 N–H and O–H groups in total. The Hall–Kier alpha value is -2.58. The van der Waals surface area contributed by atoms with Gasteiger partial charge in [-0.15, -0.1) is 0 Å². The number of hydrogen-bond acceptors (Lipinski definition) is 5. The predicted molar refractivity (Wildman–Crippen MR) is 119 cm³/mol. The van der Waals surface area contributed by atoms with Crippen molar-refractivity contribution >= 4 is 27.3 Å². The quantitative estimate of drug-likeness (QED) is 0.729. The summed E-state index contributed by atoms with van der Waals surface area (Å²) in [4.78, 5) is 14.9. The molecule has 0 spiro atoms. The number of nitrogens with one attached hydrogen (secondary N) is 1. The van der Waals surface area contributed by atoms with E-state index in [0.29, 0.717) is 5.69 Å². The van der Waals surface area contributed by atoms with Crippen LogP contribution in [0.1, 0.15) is 24.1 Å². The van der Waals surface area contributed by atoms with E-state index in [4.69, 9.17) is 4.74 Å². The third-order valence-electron chi connectivity index (χ3n) is 5.22. The minimum atomic E-state index is -3.60. The van der Waals surface area contributed by atoms with E-state index in [2.05, 4.69) is 10.2 Å². The highest BCUT2D eigenvalue weighted by atomic mass is 32.2. The number of aryl methyl sites for hydroxylation is 1. The average molecular weight is 432 g/mol. The highest BCUT2D eigenvalue weighted by Gasteiger charge is 2.23. The number of hydrogen-bond donors (Lipinski definition) is 1. The van der Waals surface area contributed by atoms with Crippen molar-refractivity contribution in [3.05, 3.63) is 59.7 Å². The molecule has 2 aromatic rings. The van der Waals surface area contributed by atoms with Crippen molar-refractivity contribution < 1.29 is 17.9 Å². The van der Waals surface area contributed by atoms with Crippen LogP contribution in [-0.2, 0) is 19.6 Å². The van der Waals surface area contributed by atoms with E-state index in [0.717, 1.165) is 53.7 Å². The van der Waals surface area contributed by atoms with Gasteiger partial charge in [-0.2, -0.15) is 0 Å². The lowest BCUT2D eigenvalue weighted by atomic mass is 10.1. The van der Waals surface area contributed by atoms with Crippen molar-refractivity contribution in [1.29, 1.82) is 0 Å². The van der Waals surface area contributed by atoms with Crippen LogP contribution in [-0.4, -0.2) is 53.4 Å². The van der Waals surface area contributed by atoms with Gasteiger partial charge in [0.2, 0.25) is 15.9 Å². The number of morpholine rings is 1. The van der Waals surface area contributed by atoms with Gasteiger partial charge < -0.3 is 15.0 Å². The van der Waals surface area contributed by atoms with Gasteiger partial charge in [0.05, 0.1) is 31.2 Å². The maximum atomic E-state index is 12.6. The summed E-state index contributed by atoms with van der Waals surface area (Å²) in [6.07, 6.45) is 1.11. The van der Waals surface area contributed by atoms with Crippen LogP contribution in [0.3, 0.4) is 0 Å². The van der Waals surface area contributed by atoms with E-state index < -0.39 is 10.0 Å². The molecular formula is C22H29N3O4S. The summed E-state index contributed by atoms with van der Waals surface area (Å²) in [5, 5.41) is 2.91. The number of nitrogens with zero attached hydrogens (tertiary/aromatic N) is 2. The number of sulfonamides is 1. The lowest BCUT2D eigenvalue weighted by Crippen LogP contribution is -2.41. The number of benzene rings is 2. The number of anilines is 2. The second-order valence-electron chi connectivity index (χ2n) is 7.54. The van der Waals surface area contributed by atoms with Gasteiger partial charge in [0, 0.05) is 18.8 Å². The lowest BCUT2D eigenvalue weighted by molar-refractivity contribution is -0.120.